The summed E-state index contributed by atoms with van der Waals surface area (Å²) in [5.74, 6) is 0.281. The summed E-state index contributed by atoms with van der Waals surface area (Å²) in [6.45, 7) is 0.0842. The average Bonchev–Trinajstić information content (AvgIpc) is 2.53. The number of nitrogens with one attached hydrogen (secondary N) is 1. The monoisotopic (exact) mass is 329 g/mol. The van der Waals surface area contributed by atoms with Crippen LogP contribution in [0.5, 0.6) is 5.75 Å². The van der Waals surface area contributed by atoms with Gasteiger partial charge >= 0.3 is 6.18 Å². The molecule has 0 aromatic heterocycles. The van der Waals surface area contributed by atoms with E-state index in [1.807, 2.05) is 17.4 Å². The predicted molar refractivity (Wildman–Crippen MR) is 81.4 cm³/mol. The second-order valence-corrected chi connectivity index (χ2v) is 6.00. The summed E-state index contributed by atoms with van der Waals surface area (Å²) in [7, 11) is 0. The molecular formula is C17H22F3NO2. The second-order valence-electron chi connectivity index (χ2n) is 6.00. The largest absolute Gasteiger partial charge is 0.481 e. The predicted octanol–water partition coefficient (Wildman–Crippen LogP) is 4.18. The van der Waals surface area contributed by atoms with Crippen molar-refractivity contribution >= 4 is 5.91 Å². The molecule has 1 fully saturated rings. The molecule has 128 valence electrons. The highest BCUT2D eigenvalue weighted by molar-refractivity contribution is 5.80. The highest BCUT2D eigenvalue weighted by atomic mass is 19.4. The Bertz CT molecular complexity index is 508. The van der Waals surface area contributed by atoms with Crippen molar-refractivity contribution in [2.24, 2.45) is 0 Å². The fourth-order valence-electron chi connectivity index (χ4n) is 2.84. The molecule has 1 unspecified atom stereocenters. The number of halogens is 3. The summed E-state index contributed by atoms with van der Waals surface area (Å²) in [6.07, 6.45) is 0.781. The minimum absolute atomic E-state index is 0.485. The van der Waals surface area contributed by atoms with Gasteiger partial charge in [-0.05, 0) is 43.4 Å². The molecule has 6 heteroatoms. The quantitative estimate of drug-likeness (QED) is 0.880. The zero-order valence-electron chi connectivity index (χ0n) is 13.2. The van der Waals surface area contributed by atoms with Crippen molar-refractivity contribution in [3.8, 4) is 5.75 Å². The first-order valence-corrected chi connectivity index (χ1v) is 7.96. The second kappa shape index (κ2) is 7.70. The maximum atomic E-state index is 12.1. The van der Waals surface area contributed by atoms with Gasteiger partial charge in [-0.25, -0.2) is 0 Å². The molecule has 0 bridgehead atoms. The molecule has 0 spiro atoms. The summed E-state index contributed by atoms with van der Waals surface area (Å²) in [5, 5.41) is 1.82. The Morgan fingerprint density at radius 2 is 1.83 bits per heavy atom. The van der Waals surface area contributed by atoms with Gasteiger partial charge in [-0.1, -0.05) is 31.4 Å². The van der Waals surface area contributed by atoms with Crippen LogP contribution in [0.2, 0.25) is 0 Å². The molecule has 0 heterocycles. The summed E-state index contributed by atoms with van der Waals surface area (Å²) in [5.41, 5.74) is 1.26. The Labute approximate surface area is 134 Å². The molecule has 1 atom stereocenters. The van der Waals surface area contributed by atoms with Gasteiger partial charge in [0.15, 0.2) is 6.10 Å². The van der Waals surface area contributed by atoms with Crippen LogP contribution >= 0.6 is 0 Å². The number of hydrogen-bond acceptors (Lipinski definition) is 2. The maximum Gasteiger partial charge on any atom is 0.405 e. The van der Waals surface area contributed by atoms with Gasteiger partial charge in [-0.3, -0.25) is 4.79 Å². The lowest BCUT2D eigenvalue weighted by atomic mass is 9.84. The van der Waals surface area contributed by atoms with E-state index in [-0.39, 0.29) is 0 Å². The molecule has 1 aliphatic carbocycles. The van der Waals surface area contributed by atoms with Crippen LogP contribution in [0.4, 0.5) is 13.2 Å². The number of rotatable bonds is 5. The fraction of sp³-hybridized carbons (Fsp3) is 0.588. The zero-order valence-corrected chi connectivity index (χ0v) is 13.2. The van der Waals surface area contributed by atoms with E-state index in [9.17, 15) is 18.0 Å². The smallest absolute Gasteiger partial charge is 0.405 e. The van der Waals surface area contributed by atoms with Gasteiger partial charge in [-0.15, -0.1) is 0 Å². The first-order chi connectivity index (χ1) is 10.8. The lowest BCUT2D eigenvalue weighted by Gasteiger charge is -2.22. The molecule has 1 saturated carbocycles. The van der Waals surface area contributed by atoms with Crippen LogP contribution in [0, 0.1) is 0 Å². The Hall–Kier alpha value is -1.72. The summed E-state index contributed by atoms with van der Waals surface area (Å²) in [6, 6.07) is 7.51. The minimum Gasteiger partial charge on any atom is -0.481 e. The van der Waals surface area contributed by atoms with Crippen LogP contribution < -0.4 is 10.1 Å². The number of benzene rings is 1. The molecule has 1 N–H and O–H groups in total. The minimum atomic E-state index is -4.42. The molecule has 1 aromatic rings. The van der Waals surface area contributed by atoms with E-state index in [0.717, 1.165) is 0 Å². The number of carbonyl (C=O) groups is 1. The van der Waals surface area contributed by atoms with Crippen LogP contribution in [0.1, 0.15) is 50.5 Å². The first kappa shape index (κ1) is 17.6. The molecule has 0 radical (unpaired) electrons. The zero-order chi connectivity index (χ0) is 16.9. The standard InChI is InChI=1S/C17H22F3NO2/c1-12(16(22)21-11-17(18,19)20)23-15-9-7-14(8-10-15)13-5-3-2-4-6-13/h7-10,12-13H,2-6,11H2,1H3,(H,21,22). The summed E-state index contributed by atoms with van der Waals surface area (Å²) >= 11 is 0. The van der Waals surface area contributed by atoms with Gasteiger partial charge in [0.1, 0.15) is 12.3 Å². The fourth-order valence-corrected chi connectivity index (χ4v) is 2.84. The summed E-state index contributed by atoms with van der Waals surface area (Å²) < 4.78 is 41.6. The molecule has 1 aliphatic rings. The maximum absolute atomic E-state index is 12.1. The topological polar surface area (TPSA) is 38.3 Å². The third kappa shape index (κ3) is 5.77. The van der Waals surface area contributed by atoms with Gasteiger partial charge < -0.3 is 10.1 Å². The Kier molecular flexibility index (Phi) is 5.91. The van der Waals surface area contributed by atoms with E-state index in [1.54, 1.807) is 12.1 Å². The van der Waals surface area contributed by atoms with Crippen molar-refractivity contribution in [2.45, 2.75) is 57.2 Å². The molecular weight excluding hydrogens is 307 g/mol. The van der Waals surface area contributed by atoms with E-state index in [4.69, 9.17) is 4.74 Å². The first-order valence-electron chi connectivity index (χ1n) is 7.96. The number of ether oxygens (including phenoxy) is 1. The number of amides is 1. The average molecular weight is 329 g/mol. The number of alkyl halides is 3. The van der Waals surface area contributed by atoms with E-state index >= 15 is 0 Å². The van der Waals surface area contributed by atoms with Crippen molar-refractivity contribution in [3.63, 3.8) is 0 Å². The van der Waals surface area contributed by atoms with Crippen LogP contribution in [-0.4, -0.2) is 24.7 Å². The van der Waals surface area contributed by atoms with Gasteiger partial charge in [0.2, 0.25) is 0 Å². The summed E-state index contributed by atoms with van der Waals surface area (Å²) in [4.78, 5) is 11.6. The van der Waals surface area contributed by atoms with Crippen LogP contribution in [0.3, 0.4) is 0 Å². The molecule has 0 aliphatic heterocycles. The van der Waals surface area contributed by atoms with Gasteiger partial charge in [-0.2, -0.15) is 13.2 Å². The van der Waals surface area contributed by atoms with Crippen LogP contribution in [0.25, 0.3) is 0 Å². The number of carbonyl (C=O) groups excluding carboxylic acids is 1. The van der Waals surface area contributed by atoms with Crippen LogP contribution in [0.15, 0.2) is 24.3 Å². The molecule has 1 amide bonds. The highest BCUT2D eigenvalue weighted by Gasteiger charge is 2.29. The molecule has 2 rings (SSSR count). The Morgan fingerprint density at radius 3 is 2.39 bits per heavy atom. The highest BCUT2D eigenvalue weighted by Crippen LogP contribution is 2.33. The Morgan fingerprint density at radius 1 is 1.22 bits per heavy atom. The molecule has 23 heavy (non-hydrogen) atoms. The number of hydrogen-bond donors (Lipinski definition) is 1. The van der Waals surface area contributed by atoms with E-state index in [1.165, 1.54) is 44.6 Å². The van der Waals surface area contributed by atoms with Crippen molar-refractivity contribution in [1.29, 1.82) is 0 Å². The lowest BCUT2D eigenvalue weighted by molar-refractivity contribution is -0.142. The molecule has 0 saturated heterocycles. The van der Waals surface area contributed by atoms with Crippen molar-refractivity contribution in [3.05, 3.63) is 29.8 Å². The van der Waals surface area contributed by atoms with Gasteiger partial charge in [0.05, 0.1) is 0 Å². The SMILES string of the molecule is CC(Oc1ccc(C2CCCCC2)cc1)C(=O)NCC(F)(F)F. The Balaban J connectivity index is 1.86. The normalized spacial score (nSPS) is 17.6. The molecule has 1 aromatic carbocycles. The van der Waals surface area contributed by atoms with Gasteiger partial charge in [0, 0.05) is 0 Å². The van der Waals surface area contributed by atoms with Crippen molar-refractivity contribution in [1.82, 2.24) is 5.32 Å². The molecule has 3 nitrogen and oxygen atoms in total. The van der Waals surface area contributed by atoms with E-state index < -0.39 is 24.7 Å². The third-order valence-corrected chi connectivity index (χ3v) is 4.10. The van der Waals surface area contributed by atoms with Crippen molar-refractivity contribution in [2.75, 3.05) is 6.54 Å². The van der Waals surface area contributed by atoms with E-state index in [2.05, 4.69) is 0 Å². The van der Waals surface area contributed by atoms with Crippen molar-refractivity contribution < 1.29 is 22.7 Å². The third-order valence-electron chi connectivity index (χ3n) is 4.10. The van der Waals surface area contributed by atoms with Gasteiger partial charge in [0.25, 0.3) is 5.91 Å². The lowest BCUT2D eigenvalue weighted by Crippen LogP contribution is -2.41. The van der Waals surface area contributed by atoms with E-state index in [0.29, 0.717) is 11.7 Å². The van der Waals surface area contributed by atoms with Crippen LogP contribution in [-0.2, 0) is 4.79 Å².